The lowest BCUT2D eigenvalue weighted by molar-refractivity contribution is 0.0951. The molecule has 0 spiro atoms. The molecule has 0 saturated heterocycles. The van der Waals surface area contributed by atoms with Crippen molar-refractivity contribution in [1.82, 2.24) is 24.4 Å². The fraction of sp³-hybridized carbons (Fsp3) is 0.241. The molecule has 3 heterocycles. The molecule has 39 heavy (non-hydrogen) atoms. The summed E-state index contributed by atoms with van der Waals surface area (Å²) in [5.74, 6) is -0.225. The molecule has 1 N–H and O–H groups in total. The van der Waals surface area contributed by atoms with E-state index < -0.39 is 14.6 Å². The normalized spacial score (nSPS) is 14.5. The number of sulfone groups is 1. The SMILES string of the molecule is CCNC(=O)c1ccc(-c2ccc3ncc4c(c3c2)n(-c2ccc(C3(S(C)(=O)=O)CC3)cc2)c(=O)n4C)cn1. The highest BCUT2D eigenvalue weighted by Gasteiger charge is 2.53. The lowest BCUT2D eigenvalue weighted by Gasteiger charge is -2.14. The van der Waals surface area contributed by atoms with Crippen LogP contribution in [-0.2, 0) is 21.6 Å². The van der Waals surface area contributed by atoms with Gasteiger partial charge in [-0.25, -0.2) is 13.2 Å². The first-order valence-electron chi connectivity index (χ1n) is 12.7. The van der Waals surface area contributed by atoms with Gasteiger partial charge >= 0.3 is 5.69 Å². The predicted octanol–water partition coefficient (Wildman–Crippen LogP) is 3.72. The first-order valence-corrected chi connectivity index (χ1v) is 14.6. The van der Waals surface area contributed by atoms with Crippen LogP contribution in [0.5, 0.6) is 0 Å². The number of hydrogen-bond donors (Lipinski definition) is 1. The van der Waals surface area contributed by atoms with Crippen LogP contribution < -0.4 is 11.0 Å². The van der Waals surface area contributed by atoms with Crippen molar-refractivity contribution in [1.29, 1.82) is 0 Å². The topological polar surface area (TPSA) is 116 Å². The second-order valence-electron chi connectivity index (χ2n) is 10.0. The lowest BCUT2D eigenvalue weighted by atomic mass is 10.0. The Morgan fingerprint density at radius 3 is 2.33 bits per heavy atom. The first kappa shape index (κ1) is 25.0. The van der Waals surface area contributed by atoms with Crippen molar-refractivity contribution in [2.24, 2.45) is 7.05 Å². The summed E-state index contributed by atoms with van der Waals surface area (Å²) in [7, 11) is -1.53. The van der Waals surface area contributed by atoms with E-state index in [1.807, 2.05) is 55.5 Å². The van der Waals surface area contributed by atoms with Crippen molar-refractivity contribution in [3.05, 3.63) is 88.7 Å². The van der Waals surface area contributed by atoms with Crippen LogP contribution in [0, 0.1) is 0 Å². The molecule has 1 saturated carbocycles. The maximum Gasteiger partial charge on any atom is 0.333 e. The van der Waals surface area contributed by atoms with Crippen molar-refractivity contribution >= 4 is 37.7 Å². The van der Waals surface area contributed by atoms with Gasteiger partial charge in [-0.1, -0.05) is 24.3 Å². The van der Waals surface area contributed by atoms with Gasteiger partial charge < -0.3 is 5.32 Å². The van der Waals surface area contributed by atoms with Crippen LogP contribution in [0.3, 0.4) is 0 Å². The van der Waals surface area contributed by atoms with Crippen molar-refractivity contribution in [2.75, 3.05) is 12.8 Å². The summed E-state index contributed by atoms with van der Waals surface area (Å²) in [6, 6.07) is 16.6. The fourth-order valence-corrected chi connectivity index (χ4v) is 6.68. The minimum absolute atomic E-state index is 0.225. The van der Waals surface area contributed by atoms with Gasteiger partial charge in [-0.05, 0) is 61.2 Å². The number of amides is 1. The summed E-state index contributed by atoms with van der Waals surface area (Å²) >= 11 is 0. The smallest absolute Gasteiger partial charge is 0.333 e. The number of hydrogen-bond acceptors (Lipinski definition) is 6. The van der Waals surface area contributed by atoms with Gasteiger partial charge in [0.15, 0.2) is 9.84 Å². The van der Waals surface area contributed by atoms with E-state index in [4.69, 9.17) is 0 Å². The highest BCUT2D eigenvalue weighted by Crippen LogP contribution is 2.52. The highest BCUT2D eigenvalue weighted by atomic mass is 32.2. The van der Waals surface area contributed by atoms with Gasteiger partial charge in [-0.3, -0.25) is 23.9 Å². The molecule has 0 radical (unpaired) electrons. The second kappa shape index (κ2) is 8.88. The standard InChI is InChI=1S/C29H27N5O4S/c1-4-30-27(35)24-12-6-19(16-31-24)18-5-11-23-22(15-18)26-25(17-32-23)33(2)28(36)34(26)21-9-7-20(8-10-21)29(13-14-29)39(3,37)38/h5-12,15-17H,4,13-14H2,1-3H3,(H,30,35). The summed E-state index contributed by atoms with van der Waals surface area (Å²) < 4.78 is 27.2. The lowest BCUT2D eigenvalue weighted by Crippen LogP contribution is -2.23. The maximum absolute atomic E-state index is 13.4. The van der Waals surface area contributed by atoms with Gasteiger partial charge in [-0.15, -0.1) is 0 Å². The van der Waals surface area contributed by atoms with Crippen LogP contribution in [0.25, 0.3) is 38.8 Å². The Hall–Kier alpha value is -4.31. The van der Waals surface area contributed by atoms with Crippen LogP contribution in [0.2, 0.25) is 0 Å². The van der Waals surface area contributed by atoms with Crippen LogP contribution in [0.4, 0.5) is 0 Å². The van der Waals surface area contributed by atoms with Crippen LogP contribution >= 0.6 is 0 Å². The molecule has 198 valence electrons. The summed E-state index contributed by atoms with van der Waals surface area (Å²) in [5.41, 5.74) is 5.31. The van der Waals surface area contributed by atoms with Gasteiger partial charge in [0.05, 0.1) is 33.2 Å². The number of aromatic nitrogens is 4. The van der Waals surface area contributed by atoms with Crippen molar-refractivity contribution in [3.8, 4) is 16.8 Å². The summed E-state index contributed by atoms with van der Waals surface area (Å²) in [5, 5.41) is 3.53. The van der Waals surface area contributed by atoms with Gasteiger partial charge in [-0.2, -0.15) is 0 Å². The minimum atomic E-state index is -3.24. The summed E-state index contributed by atoms with van der Waals surface area (Å²) in [6.07, 6.45) is 5.85. The molecular weight excluding hydrogens is 514 g/mol. The highest BCUT2D eigenvalue weighted by molar-refractivity contribution is 7.92. The molecule has 9 nitrogen and oxygen atoms in total. The molecule has 0 atom stereocenters. The second-order valence-corrected chi connectivity index (χ2v) is 12.3. The summed E-state index contributed by atoms with van der Waals surface area (Å²) in [6.45, 7) is 2.38. The van der Waals surface area contributed by atoms with Crippen LogP contribution in [-0.4, -0.2) is 46.2 Å². The zero-order valence-electron chi connectivity index (χ0n) is 21.8. The Kier molecular flexibility index (Phi) is 5.69. The number of benzene rings is 2. The zero-order valence-corrected chi connectivity index (χ0v) is 22.6. The first-order chi connectivity index (χ1) is 18.6. The third-order valence-corrected chi connectivity index (χ3v) is 9.68. The molecule has 3 aromatic heterocycles. The average molecular weight is 542 g/mol. The molecule has 1 aliphatic rings. The molecule has 5 aromatic rings. The maximum atomic E-state index is 13.4. The number of nitrogens with zero attached hydrogens (tertiary/aromatic N) is 4. The minimum Gasteiger partial charge on any atom is -0.351 e. The van der Waals surface area contributed by atoms with Crippen molar-refractivity contribution in [2.45, 2.75) is 24.5 Å². The molecule has 0 bridgehead atoms. The van der Waals surface area contributed by atoms with Crippen molar-refractivity contribution in [3.63, 3.8) is 0 Å². The van der Waals surface area contributed by atoms with E-state index in [0.29, 0.717) is 41.8 Å². The van der Waals surface area contributed by atoms with Crippen LogP contribution in [0.15, 0.2) is 71.8 Å². The Balaban J connectivity index is 1.49. The molecular formula is C29H27N5O4S. The van der Waals surface area contributed by atoms with E-state index >= 15 is 0 Å². The van der Waals surface area contributed by atoms with Gasteiger partial charge in [0.2, 0.25) is 0 Å². The molecule has 1 amide bonds. The molecule has 6 rings (SSSR count). The van der Waals surface area contributed by atoms with E-state index in [-0.39, 0.29) is 11.6 Å². The largest absolute Gasteiger partial charge is 0.351 e. The molecule has 10 heteroatoms. The molecule has 0 aliphatic heterocycles. The Bertz CT molecular complexity index is 1930. The number of fused-ring (bicyclic) bond motifs is 3. The van der Waals surface area contributed by atoms with Gasteiger partial charge in [0.1, 0.15) is 5.69 Å². The zero-order chi connectivity index (χ0) is 27.5. The van der Waals surface area contributed by atoms with E-state index in [1.165, 1.54) is 6.26 Å². The predicted molar refractivity (Wildman–Crippen MR) is 151 cm³/mol. The van der Waals surface area contributed by atoms with Crippen molar-refractivity contribution < 1.29 is 13.2 Å². The van der Waals surface area contributed by atoms with E-state index in [2.05, 4.69) is 15.3 Å². The molecule has 1 fully saturated rings. The van der Waals surface area contributed by atoms with Crippen LogP contribution in [0.1, 0.15) is 35.8 Å². The number of pyridine rings is 2. The number of carbonyl (C=O) groups excluding carboxylic acids is 1. The van der Waals surface area contributed by atoms with Gasteiger partial charge in [0, 0.05) is 37.0 Å². The number of rotatable bonds is 6. The molecule has 2 aromatic carbocycles. The number of nitrogens with one attached hydrogen (secondary N) is 1. The third kappa shape index (κ3) is 3.94. The average Bonchev–Trinajstić information content (AvgIpc) is 3.72. The molecule has 0 unspecified atom stereocenters. The third-order valence-electron chi connectivity index (χ3n) is 7.62. The Labute approximate surface area is 225 Å². The Morgan fingerprint density at radius 2 is 1.72 bits per heavy atom. The quantitative estimate of drug-likeness (QED) is 0.350. The molecule has 1 aliphatic carbocycles. The van der Waals surface area contributed by atoms with Gasteiger partial charge in [0.25, 0.3) is 5.91 Å². The number of imidazole rings is 1. The Morgan fingerprint density at radius 1 is 1.00 bits per heavy atom. The van der Waals surface area contributed by atoms with E-state index in [0.717, 1.165) is 27.6 Å². The fourth-order valence-electron chi connectivity index (χ4n) is 5.27. The van der Waals surface area contributed by atoms with E-state index in [1.54, 1.807) is 34.6 Å². The number of carbonyl (C=O) groups is 1. The number of aryl methyl sites for hydroxylation is 1. The van der Waals surface area contributed by atoms with E-state index in [9.17, 15) is 18.0 Å². The summed E-state index contributed by atoms with van der Waals surface area (Å²) in [4.78, 5) is 34.5. The monoisotopic (exact) mass is 541 g/mol.